The Hall–Kier alpha value is -3.22. The van der Waals surface area contributed by atoms with E-state index in [9.17, 15) is 9.59 Å². The number of likely N-dealkylation sites (N-methyl/N-ethyl adjacent to an activating group) is 1. The fraction of sp³-hybridized carbons (Fsp3) is 0.364. The van der Waals surface area contributed by atoms with E-state index in [4.69, 9.17) is 14.2 Å². The summed E-state index contributed by atoms with van der Waals surface area (Å²) in [5.74, 6) is 1.51. The van der Waals surface area contributed by atoms with Crippen molar-refractivity contribution in [1.82, 2.24) is 10.2 Å². The Morgan fingerprint density at radius 2 is 1.45 bits per heavy atom. The number of nitrogens with one attached hydrogen (secondary N) is 1. The summed E-state index contributed by atoms with van der Waals surface area (Å²) in [7, 11) is 4.75. The largest absolute Gasteiger partial charge is 0.497 e. The van der Waals surface area contributed by atoms with Gasteiger partial charge in [0.05, 0.1) is 14.2 Å². The summed E-state index contributed by atoms with van der Waals surface area (Å²) in [5.41, 5.74) is 0.894. The van der Waals surface area contributed by atoms with E-state index in [1.807, 2.05) is 31.2 Å². The number of hydrogen-bond donors (Lipinski definition) is 1. The van der Waals surface area contributed by atoms with Crippen LogP contribution < -0.4 is 19.5 Å². The van der Waals surface area contributed by atoms with E-state index < -0.39 is 6.04 Å². The van der Waals surface area contributed by atoms with E-state index in [-0.39, 0.29) is 18.4 Å². The third-order valence-corrected chi connectivity index (χ3v) is 4.57. The molecule has 0 bridgehead atoms. The van der Waals surface area contributed by atoms with Crippen LogP contribution in [-0.2, 0) is 16.1 Å². The highest BCUT2D eigenvalue weighted by Crippen LogP contribution is 2.19. The van der Waals surface area contributed by atoms with Gasteiger partial charge in [0, 0.05) is 13.6 Å². The number of nitrogens with zero attached hydrogens (tertiary/aromatic N) is 1. The van der Waals surface area contributed by atoms with Gasteiger partial charge in [-0.15, -0.1) is 0 Å². The average molecular weight is 400 g/mol. The van der Waals surface area contributed by atoms with Crippen molar-refractivity contribution in [2.24, 2.45) is 0 Å². The monoisotopic (exact) mass is 400 g/mol. The molecule has 2 rings (SSSR count). The van der Waals surface area contributed by atoms with Crippen LogP contribution in [0.3, 0.4) is 0 Å². The second kappa shape index (κ2) is 10.9. The molecule has 2 amide bonds. The van der Waals surface area contributed by atoms with Crippen LogP contribution >= 0.6 is 0 Å². The zero-order valence-corrected chi connectivity index (χ0v) is 17.3. The molecule has 7 heteroatoms. The molecule has 0 saturated carbocycles. The first-order chi connectivity index (χ1) is 14.0. The summed E-state index contributed by atoms with van der Waals surface area (Å²) in [6, 6.07) is 13.8. The first-order valence-electron chi connectivity index (χ1n) is 9.43. The lowest BCUT2D eigenvalue weighted by Gasteiger charge is -2.30. The van der Waals surface area contributed by atoms with Gasteiger partial charge in [0.2, 0.25) is 5.91 Å². The number of rotatable bonds is 10. The zero-order chi connectivity index (χ0) is 21.2. The standard InChI is InChI=1S/C22H28N2O5/c1-5-20(22(26)23-2)24(14-16-6-8-17(27-3)9-7-16)21(25)15-29-19-12-10-18(28-4)11-13-19/h6-13,20H,5,14-15H2,1-4H3,(H,23,26)/t20-/m1/s1. The van der Waals surface area contributed by atoms with E-state index in [2.05, 4.69) is 5.32 Å². The fourth-order valence-corrected chi connectivity index (χ4v) is 2.91. The second-order valence-electron chi connectivity index (χ2n) is 6.37. The van der Waals surface area contributed by atoms with Crippen LogP contribution in [0.25, 0.3) is 0 Å². The van der Waals surface area contributed by atoms with Gasteiger partial charge < -0.3 is 24.4 Å². The van der Waals surface area contributed by atoms with Crippen molar-refractivity contribution in [3.05, 3.63) is 54.1 Å². The molecule has 7 nitrogen and oxygen atoms in total. The van der Waals surface area contributed by atoms with E-state index in [1.165, 1.54) is 0 Å². The van der Waals surface area contributed by atoms with Gasteiger partial charge >= 0.3 is 0 Å². The Balaban J connectivity index is 2.15. The Labute approximate surface area is 171 Å². The van der Waals surface area contributed by atoms with Crippen LogP contribution in [0.4, 0.5) is 0 Å². The molecule has 0 aliphatic rings. The summed E-state index contributed by atoms with van der Waals surface area (Å²) in [4.78, 5) is 26.8. The number of hydrogen-bond acceptors (Lipinski definition) is 5. The van der Waals surface area contributed by atoms with Gasteiger partial charge in [-0.3, -0.25) is 9.59 Å². The van der Waals surface area contributed by atoms with Crippen molar-refractivity contribution in [3.8, 4) is 17.2 Å². The maximum atomic E-state index is 13.0. The molecule has 0 saturated heterocycles. The van der Waals surface area contributed by atoms with Crippen LogP contribution in [-0.4, -0.2) is 50.6 Å². The van der Waals surface area contributed by atoms with Crippen LogP contribution in [0.1, 0.15) is 18.9 Å². The van der Waals surface area contributed by atoms with E-state index in [0.29, 0.717) is 24.5 Å². The third kappa shape index (κ3) is 6.14. The number of carbonyl (C=O) groups is 2. The zero-order valence-electron chi connectivity index (χ0n) is 17.3. The summed E-state index contributed by atoms with van der Waals surface area (Å²) in [6.45, 7) is 2.00. The molecule has 0 aromatic heterocycles. The predicted molar refractivity (Wildman–Crippen MR) is 110 cm³/mol. The SMILES string of the molecule is CC[C@H](C(=O)NC)N(Cc1ccc(OC)cc1)C(=O)COc1ccc(OC)cc1. The fourth-order valence-electron chi connectivity index (χ4n) is 2.91. The van der Waals surface area contributed by atoms with Crippen LogP contribution in [0.5, 0.6) is 17.2 Å². The molecule has 2 aromatic rings. The minimum atomic E-state index is -0.589. The molecule has 1 N–H and O–H groups in total. The third-order valence-electron chi connectivity index (χ3n) is 4.57. The van der Waals surface area contributed by atoms with Crippen LogP contribution in [0.2, 0.25) is 0 Å². The van der Waals surface area contributed by atoms with E-state index in [0.717, 1.165) is 11.3 Å². The molecule has 0 radical (unpaired) electrons. The summed E-state index contributed by atoms with van der Waals surface area (Å²) >= 11 is 0. The first-order valence-corrected chi connectivity index (χ1v) is 9.43. The average Bonchev–Trinajstić information content (AvgIpc) is 2.77. The lowest BCUT2D eigenvalue weighted by molar-refractivity contribution is -0.142. The van der Waals surface area contributed by atoms with Crippen molar-refractivity contribution < 1.29 is 23.8 Å². The second-order valence-corrected chi connectivity index (χ2v) is 6.37. The minimum absolute atomic E-state index is 0.171. The molecule has 0 aliphatic heterocycles. The van der Waals surface area contributed by atoms with Gasteiger partial charge in [-0.1, -0.05) is 19.1 Å². The molecule has 29 heavy (non-hydrogen) atoms. The highest BCUT2D eigenvalue weighted by atomic mass is 16.5. The van der Waals surface area contributed by atoms with Crippen molar-refractivity contribution >= 4 is 11.8 Å². The van der Waals surface area contributed by atoms with E-state index in [1.54, 1.807) is 50.4 Å². The summed E-state index contributed by atoms with van der Waals surface area (Å²) in [5, 5.41) is 2.63. The van der Waals surface area contributed by atoms with Gasteiger partial charge in [0.1, 0.15) is 23.3 Å². The molecule has 0 fully saturated rings. The quantitative estimate of drug-likeness (QED) is 0.663. The molecule has 1 atom stereocenters. The lowest BCUT2D eigenvalue weighted by atomic mass is 10.1. The molecule has 0 spiro atoms. The lowest BCUT2D eigenvalue weighted by Crippen LogP contribution is -2.49. The smallest absolute Gasteiger partial charge is 0.261 e. The predicted octanol–water partition coefficient (Wildman–Crippen LogP) is 2.64. The Morgan fingerprint density at radius 1 is 0.931 bits per heavy atom. The number of carbonyl (C=O) groups excluding carboxylic acids is 2. The van der Waals surface area contributed by atoms with Crippen molar-refractivity contribution in [3.63, 3.8) is 0 Å². The molecular weight excluding hydrogens is 372 g/mol. The normalized spacial score (nSPS) is 11.3. The Morgan fingerprint density at radius 3 is 1.93 bits per heavy atom. The molecule has 2 aromatic carbocycles. The van der Waals surface area contributed by atoms with E-state index >= 15 is 0 Å². The van der Waals surface area contributed by atoms with Gasteiger partial charge in [0.15, 0.2) is 6.61 Å². The molecule has 0 heterocycles. The van der Waals surface area contributed by atoms with Crippen molar-refractivity contribution in [2.75, 3.05) is 27.9 Å². The number of ether oxygens (including phenoxy) is 3. The molecule has 156 valence electrons. The van der Waals surface area contributed by atoms with Gasteiger partial charge in [-0.25, -0.2) is 0 Å². The number of amides is 2. The van der Waals surface area contributed by atoms with Crippen LogP contribution in [0.15, 0.2) is 48.5 Å². The van der Waals surface area contributed by atoms with Crippen LogP contribution in [0, 0.1) is 0 Å². The van der Waals surface area contributed by atoms with Gasteiger partial charge in [0.25, 0.3) is 5.91 Å². The number of methoxy groups -OCH3 is 2. The minimum Gasteiger partial charge on any atom is -0.497 e. The Kier molecular flexibility index (Phi) is 8.33. The van der Waals surface area contributed by atoms with Crippen molar-refractivity contribution in [2.45, 2.75) is 25.9 Å². The maximum Gasteiger partial charge on any atom is 0.261 e. The highest BCUT2D eigenvalue weighted by Gasteiger charge is 2.28. The number of benzene rings is 2. The summed E-state index contributed by atoms with van der Waals surface area (Å²) in [6.07, 6.45) is 0.490. The van der Waals surface area contributed by atoms with Gasteiger partial charge in [-0.05, 0) is 48.4 Å². The van der Waals surface area contributed by atoms with Gasteiger partial charge in [-0.2, -0.15) is 0 Å². The summed E-state index contributed by atoms with van der Waals surface area (Å²) < 4.78 is 15.9. The molecule has 0 unspecified atom stereocenters. The molecule has 0 aliphatic carbocycles. The van der Waals surface area contributed by atoms with Crippen molar-refractivity contribution in [1.29, 1.82) is 0 Å². The molecular formula is C22H28N2O5. The maximum absolute atomic E-state index is 13.0. The topological polar surface area (TPSA) is 77.1 Å². The first kappa shape index (κ1) is 22.1. The highest BCUT2D eigenvalue weighted by molar-refractivity contribution is 5.88. The Bertz CT molecular complexity index is 790.